The molecule has 1 saturated carbocycles. The molecule has 3 heterocycles. The Morgan fingerprint density at radius 1 is 1.16 bits per heavy atom. The van der Waals surface area contributed by atoms with Crippen LogP contribution in [0.2, 0.25) is 0 Å². The number of anilines is 2. The molecule has 3 aliphatic rings. The molecule has 2 N–H and O–H groups in total. The third-order valence-corrected chi connectivity index (χ3v) is 7.83. The first-order valence-electron chi connectivity index (χ1n) is 12.9. The maximum absolute atomic E-state index is 14.5. The minimum absolute atomic E-state index is 0.0867. The molecule has 1 aliphatic carbocycles. The molecule has 200 valence electrons. The summed E-state index contributed by atoms with van der Waals surface area (Å²) < 4.78 is 40.2. The molecule has 0 radical (unpaired) electrons. The molecular formula is C27H34F2N4O4. The van der Waals surface area contributed by atoms with Crippen molar-refractivity contribution in [3.63, 3.8) is 0 Å². The maximum Gasteiger partial charge on any atom is 0.321 e. The van der Waals surface area contributed by atoms with Crippen molar-refractivity contribution in [1.29, 1.82) is 0 Å². The molecule has 3 fully saturated rings. The molecule has 37 heavy (non-hydrogen) atoms. The number of likely N-dealkylation sites (tertiary alicyclic amines) is 1. The number of ether oxygens (including phenoxy) is 2. The molecule has 1 atom stereocenters. The van der Waals surface area contributed by atoms with E-state index in [-0.39, 0.29) is 32.2 Å². The zero-order valence-electron chi connectivity index (χ0n) is 21.1. The average Bonchev–Trinajstić information content (AvgIpc) is 3.47. The van der Waals surface area contributed by atoms with Crippen molar-refractivity contribution < 1.29 is 28.2 Å². The number of aliphatic hydroxyl groups excluding tert-OH is 1. The van der Waals surface area contributed by atoms with Crippen LogP contribution in [0, 0.1) is 12.3 Å². The van der Waals surface area contributed by atoms with Gasteiger partial charge in [-0.25, -0.2) is 13.6 Å². The Morgan fingerprint density at radius 3 is 2.70 bits per heavy atom. The third-order valence-electron chi connectivity index (χ3n) is 7.83. The van der Waals surface area contributed by atoms with E-state index in [1.54, 1.807) is 0 Å². The van der Waals surface area contributed by atoms with Crippen LogP contribution in [-0.4, -0.2) is 79.6 Å². The Hall–Kier alpha value is -2.98. The number of alkyl halides is 2. The van der Waals surface area contributed by atoms with Crippen LogP contribution >= 0.6 is 0 Å². The lowest BCUT2D eigenvalue weighted by Crippen LogP contribution is -2.41. The van der Waals surface area contributed by atoms with Gasteiger partial charge < -0.3 is 29.7 Å². The van der Waals surface area contributed by atoms with Crippen LogP contribution in [0.3, 0.4) is 0 Å². The number of hydrogen-bond donors (Lipinski definition) is 2. The van der Waals surface area contributed by atoms with Gasteiger partial charge in [0.25, 0.3) is 5.92 Å². The monoisotopic (exact) mass is 516 g/mol. The lowest BCUT2D eigenvalue weighted by molar-refractivity contribution is -0.0913. The molecule has 1 unspecified atom stereocenters. The standard InChI is InChI=1S/C27H34F2N4O4/c1-19-3-4-21(30-25(35)33-8-7-26(18-33)5-2-6-27(26,28)29)17-22(19)20-15-23(32-9-12-36-13-10-32)31-24(16-20)37-14-11-34/h3-4,15-17,34H,2,5-14,18H2,1H3,(H,30,35). The van der Waals surface area contributed by atoms with Gasteiger partial charge in [-0.2, -0.15) is 4.98 Å². The summed E-state index contributed by atoms with van der Waals surface area (Å²) in [5, 5.41) is 12.1. The predicted molar refractivity (Wildman–Crippen MR) is 136 cm³/mol. The Balaban J connectivity index is 1.37. The van der Waals surface area contributed by atoms with E-state index >= 15 is 0 Å². The summed E-state index contributed by atoms with van der Waals surface area (Å²) in [5.74, 6) is -1.56. The van der Waals surface area contributed by atoms with Crippen molar-refractivity contribution in [1.82, 2.24) is 9.88 Å². The van der Waals surface area contributed by atoms with Gasteiger partial charge in [0.05, 0.1) is 25.2 Å². The first kappa shape index (κ1) is 25.7. The molecule has 2 aliphatic heterocycles. The highest BCUT2D eigenvalue weighted by molar-refractivity contribution is 5.91. The maximum atomic E-state index is 14.5. The van der Waals surface area contributed by atoms with Gasteiger partial charge in [-0.1, -0.05) is 6.07 Å². The highest BCUT2D eigenvalue weighted by atomic mass is 19.3. The topological polar surface area (TPSA) is 87.2 Å². The van der Waals surface area contributed by atoms with Gasteiger partial charge in [-0.3, -0.25) is 0 Å². The van der Waals surface area contributed by atoms with Crippen molar-refractivity contribution in [2.75, 3.05) is 62.8 Å². The number of carbonyl (C=O) groups is 1. The number of morpholine rings is 1. The lowest BCUT2D eigenvalue weighted by atomic mass is 9.82. The van der Waals surface area contributed by atoms with E-state index in [0.29, 0.717) is 63.7 Å². The summed E-state index contributed by atoms with van der Waals surface area (Å²) in [5.41, 5.74) is 2.26. The molecule has 8 nitrogen and oxygen atoms in total. The number of pyridine rings is 1. The second-order valence-electron chi connectivity index (χ2n) is 10.2. The number of nitrogens with one attached hydrogen (secondary N) is 1. The summed E-state index contributed by atoms with van der Waals surface area (Å²) in [4.78, 5) is 21.3. The summed E-state index contributed by atoms with van der Waals surface area (Å²) in [7, 11) is 0. The summed E-state index contributed by atoms with van der Waals surface area (Å²) in [6.45, 7) is 5.06. The Kier molecular flexibility index (Phi) is 7.22. The molecule has 0 bridgehead atoms. The minimum Gasteiger partial charge on any atom is -0.475 e. The summed E-state index contributed by atoms with van der Waals surface area (Å²) in [6.07, 6.45) is 1.22. The first-order chi connectivity index (χ1) is 17.8. The molecule has 2 amide bonds. The lowest BCUT2D eigenvalue weighted by Gasteiger charge is -2.30. The number of amides is 2. The number of hydrogen-bond acceptors (Lipinski definition) is 6. The van der Waals surface area contributed by atoms with Gasteiger partial charge in [-0.15, -0.1) is 0 Å². The quantitative estimate of drug-likeness (QED) is 0.595. The zero-order valence-corrected chi connectivity index (χ0v) is 21.1. The molecule has 10 heteroatoms. The van der Waals surface area contributed by atoms with Crippen LogP contribution in [0.5, 0.6) is 5.88 Å². The van der Waals surface area contributed by atoms with Crippen LogP contribution < -0.4 is 15.0 Å². The first-order valence-corrected chi connectivity index (χ1v) is 12.9. The highest BCUT2D eigenvalue weighted by Crippen LogP contribution is 2.55. The van der Waals surface area contributed by atoms with Gasteiger partial charge in [-0.05, 0) is 61.1 Å². The van der Waals surface area contributed by atoms with Gasteiger partial charge >= 0.3 is 6.03 Å². The Bertz CT molecular complexity index is 1140. The molecule has 2 saturated heterocycles. The number of benzene rings is 1. The van der Waals surface area contributed by atoms with Gasteiger partial charge in [0.15, 0.2) is 0 Å². The second-order valence-corrected chi connectivity index (χ2v) is 10.2. The molecule has 1 aromatic heterocycles. The van der Waals surface area contributed by atoms with Crippen LogP contribution in [0.1, 0.15) is 31.2 Å². The molecule has 1 spiro atoms. The molecule has 5 rings (SSSR count). The van der Waals surface area contributed by atoms with Crippen molar-refractivity contribution in [2.45, 2.75) is 38.5 Å². The Labute approximate surface area is 215 Å². The number of aliphatic hydroxyl groups is 1. The fourth-order valence-corrected chi connectivity index (χ4v) is 5.68. The van der Waals surface area contributed by atoms with Gasteiger partial charge in [0, 0.05) is 44.4 Å². The number of halogens is 2. The van der Waals surface area contributed by atoms with Crippen molar-refractivity contribution >= 4 is 17.5 Å². The highest BCUT2D eigenvalue weighted by Gasteiger charge is 2.60. The molecule has 2 aromatic rings. The van der Waals surface area contributed by atoms with Crippen LogP contribution in [0.4, 0.5) is 25.1 Å². The normalized spacial score (nSPS) is 23.0. The third kappa shape index (κ3) is 5.22. The van der Waals surface area contributed by atoms with Crippen LogP contribution in [-0.2, 0) is 4.74 Å². The minimum atomic E-state index is -2.71. The van der Waals surface area contributed by atoms with E-state index in [0.717, 1.165) is 22.5 Å². The molecule has 1 aromatic carbocycles. The van der Waals surface area contributed by atoms with E-state index in [1.807, 2.05) is 37.3 Å². The van der Waals surface area contributed by atoms with Gasteiger partial charge in [0.1, 0.15) is 12.4 Å². The zero-order chi connectivity index (χ0) is 26.0. The number of aromatic nitrogens is 1. The van der Waals surface area contributed by atoms with Crippen LogP contribution in [0.15, 0.2) is 30.3 Å². The van der Waals surface area contributed by atoms with E-state index in [2.05, 4.69) is 15.2 Å². The van der Waals surface area contributed by atoms with Crippen molar-refractivity contribution in [2.24, 2.45) is 5.41 Å². The fourth-order valence-electron chi connectivity index (χ4n) is 5.68. The van der Waals surface area contributed by atoms with E-state index in [9.17, 15) is 18.7 Å². The largest absolute Gasteiger partial charge is 0.475 e. The number of rotatable bonds is 6. The number of urea groups is 1. The summed E-state index contributed by atoms with van der Waals surface area (Å²) >= 11 is 0. The number of aryl methyl sites for hydroxylation is 1. The smallest absolute Gasteiger partial charge is 0.321 e. The summed E-state index contributed by atoms with van der Waals surface area (Å²) in [6, 6.07) is 9.07. The molecular weight excluding hydrogens is 482 g/mol. The predicted octanol–water partition coefficient (Wildman–Crippen LogP) is 4.31. The second kappa shape index (κ2) is 10.4. The average molecular weight is 517 g/mol. The van der Waals surface area contributed by atoms with E-state index < -0.39 is 11.3 Å². The Morgan fingerprint density at radius 2 is 1.97 bits per heavy atom. The SMILES string of the molecule is Cc1ccc(NC(=O)N2CCC3(CCCC3(F)F)C2)cc1-c1cc(OCCO)nc(N2CCOCC2)c1. The fraction of sp³-hybridized carbons (Fsp3) is 0.556. The van der Waals surface area contributed by atoms with Crippen molar-refractivity contribution in [3.05, 3.63) is 35.9 Å². The van der Waals surface area contributed by atoms with Gasteiger partial charge in [0.2, 0.25) is 5.88 Å². The van der Waals surface area contributed by atoms with Crippen LogP contribution in [0.25, 0.3) is 11.1 Å². The number of nitrogens with zero attached hydrogens (tertiary/aromatic N) is 3. The van der Waals surface area contributed by atoms with E-state index in [1.165, 1.54) is 4.90 Å². The van der Waals surface area contributed by atoms with Crippen molar-refractivity contribution in [3.8, 4) is 17.0 Å². The number of carbonyl (C=O) groups excluding carboxylic acids is 1. The van der Waals surface area contributed by atoms with E-state index in [4.69, 9.17) is 9.47 Å².